The number of halogens is 1. The molecule has 2 amide bonds. The summed E-state index contributed by atoms with van der Waals surface area (Å²) < 4.78 is 13.5. The van der Waals surface area contributed by atoms with Gasteiger partial charge in [-0.15, -0.1) is 11.8 Å². The molecule has 0 saturated carbocycles. The number of anilines is 2. The van der Waals surface area contributed by atoms with Gasteiger partial charge in [0.1, 0.15) is 5.82 Å². The number of aryl methyl sites for hydroxylation is 1. The number of thioether (sulfide) groups is 1. The van der Waals surface area contributed by atoms with Crippen LogP contribution in [-0.4, -0.2) is 23.1 Å². The van der Waals surface area contributed by atoms with Gasteiger partial charge in [0.05, 0.1) is 11.4 Å². The van der Waals surface area contributed by atoms with Gasteiger partial charge >= 0.3 is 0 Å². The minimum absolute atomic E-state index is 0.0728. The molecule has 150 valence electrons. The Bertz CT molecular complexity index is 1070. The van der Waals surface area contributed by atoms with Gasteiger partial charge in [0, 0.05) is 16.8 Å². The Morgan fingerprint density at radius 1 is 1.10 bits per heavy atom. The van der Waals surface area contributed by atoms with E-state index in [-0.39, 0.29) is 28.9 Å². The molecular weight excluding hydrogens is 387 g/mol. The summed E-state index contributed by atoms with van der Waals surface area (Å²) in [6, 6.07) is 10.1. The summed E-state index contributed by atoms with van der Waals surface area (Å²) in [5.41, 5.74) is 4.30. The molecule has 2 aromatic rings. The first-order valence-corrected chi connectivity index (χ1v) is 10.9. The fourth-order valence-electron chi connectivity index (χ4n) is 5.33. The van der Waals surface area contributed by atoms with Crippen LogP contribution in [0.4, 0.5) is 15.8 Å². The van der Waals surface area contributed by atoms with E-state index in [0.29, 0.717) is 11.6 Å². The lowest BCUT2D eigenvalue weighted by atomic mass is 9.80. The van der Waals surface area contributed by atoms with Gasteiger partial charge in [-0.1, -0.05) is 24.6 Å². The maximum atomic E-state index is 14.1. The van der Waals surface area contributed by atoms with Crippen molar-refractivity contribution in [2.75, 3.05) is 15.6 Å². The summed E-state index contributed by atoms with van der Waals surface area (Å²) in [6.45, 7) is 8.43. The molecule has 4 nitrogen and oxygen atoms in total. The molecule has 2 atom stereocenters. The van der Waals surface area contributed by atoms with Gasteiger partial charge in [0.15, 0.2) is 0 Å². The quantitative estimate of drug-likeness (QED) is 0.684. The third-order valence-corrected chi connectivity index (χ3v) is 7.75. The van der Waals surface area contributed by atoms with Gasteiger partial charge < -0.3 is 4.90 Å². The van der Waals surface area contributed by atoms with E-state index in [4.69, 9.17) is 0 Å². The van der Waals surface area contributed by atoms with E-state index in [1.165, 1.54) is 29.5 Å². The van der Waals surface area contributed by atoms with E-state index < -0.39 is 4.87 Å². The van der Waals surface area contributed by atoms with Crippen LogP contribution in [0, 0.1) is 12.7 Å². The molecule has 5 rings (SSSR count). The van der Waals surface area contributed by atoms with Gasteiger partial charge in [-0.3, -0.25) is 14.5 Å². The first-order valence-electron chi connectivity index (χ1n) is 9.89. The number of amides is 2. The smallest absolute Gasteiger partial charge is 0.269 e. The van der Waals surface area contributed by atoms with Crippen LogP contribution in [-0.2, 0) is 14.5 Å². The van der Waals surface area contributed by atoms with Crippen molar-refractivity contribution in [2.24, 2.45) is 0 Å². The fourth-order valence-corrected chi connectivity index (χ4v) is 6.65. The number of hydrogen-bond donors (Lipinski definition) is 0. The summed E-state index contributed by atoms with van der Waals surface area (Å²) in [4.78, 5) is 29.5. The topological polar surface area (TPSA) is 40.6 Å². The van der Waals surface area contributed by atoms with Crippen molar-refractivity contribution in [3.05, 3.63) is 58.9 Å². The highest BCUT2D eigenvalue weighted by Crippen LogP contribution is 2.61. The second-order valence-corrected chi connectivity index (χ2v) is 10.1. The zero-order valence-electron chi connectivity index (χ0n) is 17.0. The van der Waals surface area contributed by atoms with E-state index in [1.54, 1.807) is 17.0 Å². The minimum Gasteiger partial charge on any atom is -0.303 e. The number of fused-ring (bicyclic) bond motifs is 1. The van der Waals surface area contributed by atoms with Crippen molar-refractivity contribution < 1.29 is 14.0 Å². The SMILES string of the molecule is Cc1cc2c3c(c1)[C@@]1(SCC(=O)N1c1ccc(F)cc1)C(=O)N3C(C)(C)C[C@H]2C. The molecule has 6 heteroatoms. The predicted octanol–water partition coefficient (Wildman–Crippen LogP) is 4.70. The van der Waals surface area contributed by atoms with Gasteiger partial charge in [0.2, 0.25) is 10.8 Å². The van der Waals surface area contributed by atoms with Crippen molar-refractivity contribution in [2.45, 2.75) is 50.4 Å². The lowest BCUT2D eigenvalue weighted by Crippen LogP contribution is -2.56. The number of benzene rings is 2. The highest BCUT2D eigenvalue weighted by Gasteiger charge is 2.64. The number of nitrogens with zero attached hydrogens (tertiary/aromatic N) is 2. The molecule has 3 aliphatic heterocycles. The Balaban J connectivity index is 1.81. The Kier molecular flexibility index (Phi) is 3.77. The molecule has 3 aliphatic rings. The van der Waals surface area contributed by atoms with Crippen LogP contribution in [0.1, 0.15) is 49.8 Å². The zero-order chi connectivity index (χ0) is 20.7. The van der Waals surface area contributed by atoms with Gasteiger partial charge in [-0.2, -0.15) is 0 Å². The van der Waals surface area contributed by atoms with Crippen molar-refractivity contribution >= 4 is 35.0 Å². The second-order valence-electron chi connectivity index (χ2n) is 8.95. The van der Waals surface area contributed by atoms with E-state index in [0.717, 1.165) is 23.2 Å². The number of rotatable bonds is 1. The Hall–Kier alpha value is -2.34. The van der Waals surface area contributed by atoms with Crippen LogP contribution < -0.4 is 9.80 Å². The molecule has 0 bridgehead atoms. The minimum atomic E-state index is -1.13. The maximum Gasteiger partial charge on any atom is 0.269 e. The molecule has 0 aliphatic carbocycles. The number of hydrogen-bond acceptors (Lipinski definition) is 3. The lowest BCUT2D eigenvalue weighted by Gasteiger charge is -2.44. The van der Waals surface area contributed by atoms with Crippen molar-refractivity contribution in [3.8, 4) is 0 Å². The highest BCUT2D eigenvalue weighted by molar-refractivity contribution is 8.02. The summed E-state index contributed by atoms with van der Waals surface area (Å²) in [5, 5.41) is 0. The molecule has 0 aromatic heterocycles. The Morgan fingerprint density at radius 2 is 1.79 bits per heavy atom. The molecule has 3 heterocycles. The van der Waals surface area contributed by atoms with Crippen LogP contribution in [0.5, 0.6) is 0 Å². The van der Waals surface area contributed by atoms with Crippen LogP contribution >= 0.6 is 11.8 Å². The molecular formula is C23H23FN2O2S. The van der Waals surface area contributed by atoms with Crippen LogP contribution in [0.2, 0.25) is 0 Å². The molecule has 0 N–H and O–H groups in total. The van der Waals surface area contributed by atoms with Crippen LogP contribution in [0.15, 0.2) is 36.4 Å². The number of carbonyl (C=O) groups is 2. The summed E-state index contributed by atoms with van der Waals surface area (Å²) in [7, 11) is 0. The van der Waals surface area contributed by atoms with Gasteiger partial charge in [-0.05, 0) is 62.9 Å². The monoisotopic (exact) mass is 410 g/mol. The number of carbonyl (C=O) groups excluding carboxylic acids is 2. The molecule has 0 radical (unpaired) electrons. The Labute approximate surface area is 174 Å². The summed E-state index contributed by atoms with van der Waals surface area (Å²) >= 11 is 1.38. The van der Waals surface area contributed by atoms with Crippen molar-refractivity contribution in [1.29, 1.82) is 0 Å². The van der Waals surface area contributed by atoms with Gasteiger partial charge in [0.25, 0.3) is 5.91 Å². The standard InChI is InChI=1S/C23H23FN2O2S/c1-13-9-17-14(2)11-22(3,4)26-20(17)18(10-13)23(21(26)28)25(19(27)12-29-23)16-7-5-15(24)6-8-16/h5-10,14H,11-12H2,1-4H3/t14-,23-/m1/s1. The zero-order valence-corrected chi connectivity index (χ0v) is 17.8. The third-order valence-electron chi connectivity index (χ3n) is 6.36. The molecule has 29 heavy (non-hydrogen) atoms. The molecule has 1 fully saturated rings. The fraction of sp³-hybridized carbons (Fsp3) is 0.391. The molecule has 1 spiro atoms. The van der Waals surface area contributed by atoms with Crippen LogP contribution in [0.25, 0.3) is 0 Å². The average Bonchev–Trinajstić information content (AvgIpc) is 3.11. The average molecular weight is 411 g/mol. The normalized spacial score (nSPS) is 27.1. The Morgan fingerprint density at radius 3 is 2.48 bits per heavy atom. The maximum absolute atomic E-state index is 14.1. The second kappa shape index (κ2) is 5.85. The lowest BCUT2D eigenvalue weighted by molar-refractivity contribution is -0.124. The third kappa shape index (κ3) is 2.32. The highest BCUT2D eigenvalue weighted by atomic mass is 32.2. The van der Waals surface area contributed by atoms with Gasteiger partial charge in [-0.25, -0.2) is 4.39 Å². The molecule has 1 saturated heterocycles. The summed E-state index contributed by atoms with van der Waals surface area (Å²) in [6.07, 6.45) is 0.861. The van der Waals surface area contributed by atoms with E-state index in [2.05, 4.69) is 26.8 Å². The van der Waals surface area contributed by atoms with Crippen molar-refractivity contribution in [3.63, 3.8) is 0 Å². The van der Waals surface area contributed by atoms with Crippen molar-refractivity contribution in [1.82, 2.24) is 0 Å². The predicted molar refractivity (Wildman–Crippen MR) is 114 cm³/mol. The largest absolute Gasteiger partial charge is 0.303 e. The van der Waals surface area contributed by atoms with E-state index in [9.17, 15) is 14.0 Å². The van der Waals surface area contributed by atoms with Crippen LogP contribution in [0.3, 0.4) is 0 Å². The molecule has 2 aromatic carbocycles. The van der Waals surface area contributed by atoms with E-state index in [1.807, 2.05) is 17.9 Å². The van der Waals surface area contributed by atoms with E-state index >= 15 is 0 Å². The molecule has 0 unspecified atom stereocenters. The first kappa shape index (κ1) is 18.7. The summed E-state index contributed by atoms with van der Waals surface area (Å²) in [5.74, 6) is -0.0326. The first-order chi connectivity index (χ1) is 13.7.